The van der Waals surface area contributed by atoms with Crippen molar-refractivity contribution in [1.82, 2.24) is 18.7 Å². The third-order valence-electron chi connectivity index (χ3n) is 7.34. The Morgan fingerprint density at radius 1 is 1.08 bits per heavy atom. The standard InChI is InChI=1S/C27H34N6O3S/c1-18-13-21-16-29-33(12-9-28)26(21)15-24(18)30-27(34)20(3)32-17-19(2)23-14-22(7-8-25(23)32)37(35,36)31-10-5-4-6-11-31/h7-8,13-17,20H,4-6,9-12,28H2,1-3H3,(H,30,34). The van der Waals surface area contributed by atoms with Crippen LogP contribution in [-0.2, 0) is 21.4 Å². The highest BCUT2D eigenvalue weighted by Crippen LogP contribution is 2.30. The maximum atomic E-state index is 13.4. The number of hydrogen-bond acceptors (Lipinski definition) is 5. The van der Waals surface area contributed by atoms with Gasteiger partial charge in [0.25, 0.3) is 0 Å². The highest BCUT2D eigenvalue weighted by atomic mass is 32.2. The van der Waals surface area contributed by atoms with Crippen LogP contribution in [0.4, 0.5) is 5.69 Å². The van der Waals surface area contributed by atoms with E-state index in [1.807, 2.05) is 54.4 Å². The second-order valence-electron chi connectivity index (χ2n) is 9.91. The number of carbonyl (C=O) groups excluding carboxylic acids is 1. The summed E-state index contributed by atoms with van der Waals surface area (Å²) in [6.07, 6.45) is 6.58. The predicted molar refractivity (Wildman–Crippen MR) is 146 cm³/mol. The third kappa shape index (κ3) is 4.65. The van der Waals surface area contributed by atoms with Crippen LogP contribution in [0.1, 0.15) is 43.4 Å². The molecule has 1 aliphatic heterocycles. The van der Waals surface area contributed by atoms with E-state index in [1.54, 1.807) is 22.6 Å². The molecular weight excluding hydrogens is 488 g/mol. The monoisotopic (exact) mass is 522 g/mol. The van der Waals surface area contributed by atoms with Crippen molar-refractivity contribution >= 4 is 43.4 Å². The average molecular weight is 523 g/mol. The molecule has 1 atom stereocenters. The first-order valence-corrected chi connectivity index (χ1v) is 14.2. The number of rotatable bonds is 7. The molecule has 2 aromatic heterocycles. The molecular formula is C27H34N6O3S. The summed E-state index contributed by atoms with van der Waals surface area (Å²) in [5.41, 5.74) is 10.1. The third-order valence-corrected chi connectivity index (χ3v) is 9.23. The molecule has 0 aliphatic carbocycles. The van der Waals surface area contributed by atoms with Crippen LogP contribution in [0.5, 0.6) is 0 Å². The van der Waals surface area contributed by atoms with Crippen LogP contribution in [0, 0.1) is 13.8 Å². The number of carbonyl (C=O) groups is 1. The maximum absolute atomic E-state index is 13.4. The van der Waals surface area contributed by atoms with Gasteiger partial charge in [0.05, 0.1) is 23.2 Å². The van der Waals surface area contributed by atoms with Gasteiger partial charge in [0, 0.05) is 47.8 Å². The number of hydrogen-bond donors (Lipinski definition) is 2. The Balaban J connectivity index is 1.42. The Morgan fingerprint density at radius 2 is 1.84 bits per heavy atom. The molecule has 1 unspecified atom stereocenters. The van der Waals surface area contributed by atoms with E-state index < -0.39 is 16.1 Å². The van der Waals surface area contributed by atoms with Crippen molar-refractivity contribution in [2.24, 2.45) is 5.73 Å². The number of amides is 1. The molecule has 0 bridgehead atoms. The zero-order valence-electron chi connectivity index (χ0n) is 21.6. The fourth-order valence-corrected chi connectivity index (χ4v) is 6.72. The number of sulfonamides is 1. The topological polar surface area (TPSA) is 115 Å². The average Bonchev–Trinajstić information content (AvgIpc) is 3.44. The first-order chi connectivity index (χ1) is 17.7. The van der Waals surface area contributed by atoms with Gasteiger partial charge in [-0.1, -0.05) is 6.42 Å². The lowest BCUT2D eigenvalue weighted by Gasteiger charge is -2.26. The lowest BCUT2D eigenvalue weighted by atomic mass is 10.1. The van der Waals surface area contributed by atoms with Gasteiger partial charge in [-0.3, -0.25) is 9.48 Å². The maximum Gasteiger partial charge on any atom is 0.247 e. The minimum atomic E-state index is -3.53. The second kappa shape index (κ2) is 9.92. The van der Waals surface area contributed by atoms with Gasteiger partial charge in [0.15, 0.2) is 0 Å². The molecule has 1 aliphatic rings. The quantitative estimate of drug-likeness (QED) is 0.381. The Morgan fingerprint density at radius 3 is 2.57 bits per heavy atom. The smallest absolute Gasteiger partial charge is 0.247 e. The molecule has 4 aromatic rings. The van der Waals surface area contributed by atoms with Crippen molar-refractivity contribution in [3.63, 3.8) is 0 Å². The molecule has 3 N–H and O–H groups in total. The summed E-state index contributed by atoms with van der Waals surface area (Å²) in [7, 11) is -3.53. The number of fused-ring (bicyclic) bond motifs is 2. The Labute approximate surface area is 217 Å². The van der Waals surface area contributed by atoms with E-state index >= 15 is 0 Å². The zero-order chi connectivity index (χ0) is 26.3. The van der Waals surface area contributed by atoms with Crippen molar-refractivity contribution in [2.75, 3.05) is 25.0 Å². The van der Waals surface area contributed by atoms with Gasteiger partial charge in [0.1, 0.15) is 6.04 Å². The lowest BCUT2D eigenvalue weighted by Crippen LogP contribution is -2.35. The summed E-state index contributed by atoms with van der Waals surface area (Å²) < 4.78 is 31.7. The fraction of sp³-hybridized carbons (Fsp3) is 0.407. The van der Waals surface area contributed by atoms with Crippen LogP contribution in [-0.4, -0.2) is 52.6 Å². The highest BCUT2D eigenvalue weighted by molar-refractivity contribution is 7.89. The Kier molecular flexibility index (Phi) is 6.82. The molecule has 196 valence electrons. The number of nitrogens with one attached hydrogen (secondary N) is 1. The van der Waals surface area contributed by atoms with Crippen LogP contribution in [0.25, 0.3) is 21.8 Å². The number of nitrogens with two attached hydrogens (primary N) is 1. The fourth-order valence-electron chi connectivity index (χ4n) is 5.18. The number of anilines is 1. The summed E-state index contributed by atoms with van der Waals surface area (Å²) in [4.78, 5) is 13.7. The predicted octanol–water partition coefficient (Wildman–Crippen LogP) is 3.94. The zero-order valence-corrected chi connectivity index (χ0v) is 22.4. The number of nitrogens with zero attached hydrogens (tertiary/aromatic N) is 4. The van der Waals surface area contributed by atoms with E-state index in [1.165, 1.54) is 0 Å². The Hall–Kier alpha value is -3.21. The normalized spacial score (nSPS) is 15.9. The molecule has 1 amide bonds. The largest absolute Gasteiger partial charge is 0.335 e. The van der Waals surface area contributed by atoms with E-state index in [0.717, 1.165) is 57.9 Å². The van der Waals surface area contributed by atoms with E-state index in [9.17, 15) is 13.2 Å². The van der Waals surface area contributed by atoms with Crippen molar-refractivity contribution in [1.29, 1.82) is 0 Å². The van der Waals surface area contributed by atoms with Crippen LogP contribution in [0.15, 0.2) is 47.6 Å². The molecule has 3 heterocycles. The molecule has 37 heavy (non-hydrogen) atoms. The first kappa shape index (κ1) is 25.4. The number of aromatic nitrogens is 3. The van der Waals surface area contributed by atoms with Gasteiger partial charge in [-0.2, -0.15) is 9.40 Å². The van der Waals surface area contributed by atoms with Crippen LogP contribution < -0.4 is 11.1 Å². The van der Waals surface area contributed by atoms with Gasteiger partial charge in [0.2, 0.25) is 15.9 Å². The summed E-state index contributed by atoms with van der Waals surface area (Å²) in [5.74, 6) is -0.158. The first-order valence-electron chi connectivity index (χ1n) is 12.8. The molecule has 1 saturated heterocycles. The van der Waals surface area contributed by atoms with E-state index in [4.69, 9.17) is 5.73 Å². The molecule has 9 nitrogen and oxygen atoms in total. The van der Waals surface area contributed by atoms with Crippen molar-refractivity contribution in [3.05, 3.63) is 53.9 Å². The van der Waals surface area contributed by atoms with Crippen molar-refractivity contribution in [2.45, 2.75) is 57.5 Å². The van der Waals surface area contributed by atoms with Gasteiger partial charge in [-0.25, -0.2) is 8.42 Å². The van der Waals surface area contributed by atoms with Gasteiger partial charge < -0.3 is 15.6 Å². The molecule has 1 fully saturated rings. The van der Waals surface area contributed by atoms with Crippen LogP contribution in [0.2, 0.25) is 0 Å². The minimum absolute atomic E-state index is 0.158. The van der Waals surface area contributed by atoms with E-state index in [2.05, 4.69) is 10.4 Å². The highest BCUT2D eigenvalue weighted by Gasteiger charge is 2.27. The molecule has 0 saturated carbocycles. The number of benzene rings is 2. The van der Waals surface area contributed by atoms with E-state index in [0.29, 0.717) is 31.1 Å². The van der Waals surface area contributed by atoms with Crippen molar-refractivity contribution < 1.29 is 13.2 Å². The van der Waals surface area contributed by atoms with E-state index in [-0.39, 0.29) is 5.91 Å². The Bertz CT molecular complexity index is 1580. The SMILES string of the molecule is Cc1cc2cnn(CCN)c2cc1NC(=O)C(C)n1cc(C)c2cc(S(=O)(=O)N3CCCCC3)ccc21. The van der Waals surface area contributed by atoms with Gasteiger partial charge in [-0.05, 0) is 75.1 Å². The van der Waals surface area contributed by atoms with Crippen LogP contribution >= 0.6 is 0 Å². The van der Waals surface area contributed by atoms with Gasteiger partial charge >= 0.3 is 0 Å². The molecule has 2 aromatic carbocycles. The molecule has 5 rings (SSSR count). The summed E-state index contributed by atoms with van der Waals surface area (Å²) in [6.45, 7) is 7.95. The number of piperidine rings is 1. The van der Waals surface area contributed by atoms with Gasteiger partial charge in [-0.15, -0.1) is 0 Å². The van der Waals surface area contributed by atoms with Crippen LogP contribution in [0.3, 0.4) is 0 Å². The van der Waals surface area contributed by atoms with Crippen molar-refractivity contribution in [3.8, 4) is 0 Å². The second-order valence-corrected chi connectivity index (χ2v) is 11.8. The molecule has 0 spiro atoms. The molecule has 0 radical (unpaired) electrons. The lowest BCUT2D eigenvalue weighted by molar-refractivity contribution is -0.118. The minimum Gasteiger partial charge on any atom is -0.335 e. The molecule has 10 heteroatoms. The summed E-state index contributed by atoms with van der Waals surface area (Å²) in [6, 6.07) is 8.65. The summed E-state index contributed by atoms with van der Waals surface area (Å²) >= 11 is 0. The summed E-state index contributed by atoms with van der Waals surface area (Å²) in [5, 5.41) is 9.31. The number of aryl methyl sites for hydroxylation is 2.